The van der Waals surface area contributed by atoms with Gasteiger partial charge in [-0.1, -0.05) is 24.3 Å². The zero-order valence-corrected chi connectivity index (χ0v) is 12.5. The quantitative estimate of drug-likeness (QED) is 0.916. The minimum absolute atomic E-state index is 0.174. The number of nitrogens with two attached hydrogens (primary N) is 1. The molecule has 0 bridgehead atoms. The topological polar surface area (TPSA) is 51.4 Å². The molecule has 1 aliphatic heterocycles. The van der Waals surface area contributed by atoms with Crippen LogP contribution in [0.3, 0.4) is 0 Å². The predicted molar refractivity (Wildman–Crippen MR) is 85.1 cm³/mol. The second-order valence-corrected chi connectivity index (χ2v) is 5.78. The van der Waals surface area contributed by atoms with Crippen LogP contribution in [0.15, 0.2) is 36.7 Å². The van der Waals surface area contributed by atoms with Crippen LogP contribution in [0.4, 0.5) is 0 Å². The number of pyridine rings is 1. The zero-order chi connectivity index (χ0) is 14.7. The molecule has 1 aromatic heterocycles. The van der Waals surface area contributed by atoms with E-state index in [4.69, 9.17) is 10.5 Å². The van der Waals surface area contributed by atoms with Crippen molar-refractivity contribution in [2.75, 3.05) is 26.7 Å². The minimum Gasteiger partial charge on any atom is -0.377 e. The number of hydrogen-bond donors (Lipinski definition) is 1. The summed E-state index contributed by atoms with van der Waals surface area (Å²) >= 11 is 0. The fraction of sp³-hybridized carbons (Fsp3) is 0.471. The standard InChI is InChI=1S/C17H23N3O/c1-20(12-14-6-4-8-21-14)17(9-18)16-11-19-10-13-5-2-3-7-15(13)16/h2-3,5,7,10-11,14,17H,4,6,8-9,12,18H2,1H3. The maximum atomic E-state index is 6.06. The van der Waals surface area contributed by atoms with E-state index in [1.807, 2.05) is 18.5 Å². The van der Waals surface area contributed by atoms with Crippen molar-refractivity contribution in [3.05, 3.63) is 42.2 Å². The number of benzene rings is 1. The van der Waals surface area contributed by atoms with Crippen LogP contribution in [0.2, 0.25) is 0 Å². The van der Waals surface area contributed by atoms with Gasteiger partial charge in [0, 0.05) is 43.5 Å². The molecule has 0 radical (unpaired) electrons. The molecule has 21 heavy (non-hydrogen) atoms. The van der Waals surface area contributed by atoms with Gasteiger partial charge in [0.1, 0.15) is 0 Å². The molecule has 0 saturated carbocycles. The van der Waals surface area contributed by atoms with Crippen LogP contribution >= 0.6 is 0 Å². The summed E-state index contributed by atoms with van der Waals surface area (Å²) in [6.45, 7) is 2.39. The van der Waals surface area contributed by atoms with Crippen LogP contribution in [-0.2, 0) is 4.74 Å². The lowest BCUT2D eigenvalue weighted by Crippen LogP contribution is -2.36. The van der Waals surface area contributed by atoms with Crippen LogP contribution in [0.1, 0.15) is 24.4 Å². The Labute approximate surface area is 125 Å². The summed E-state index contributed by atoms with van der Waals surface area (Å²) < 4.78 is 5.74. The van der Waals surface area contributed by atoms with Gasteiger partial charge in [-0.2, -0.15) is 0 Å². The third-order valence-electron chi connectivity index (χ3n) is 4.33. The molecule has 2 heterocycles. The monoisotopic (exact) mass is 285 g/mol. The lowest BCUT2D eigenvalue weighted by atomic mass is 10.0. The molecule has 2 aromatic rings. The lowest BCUT2D eigenvalue weighted by Gasteiger charge is -2.29. The third-order valence-corrected chi connectivity index (χ3v) is 4.33. The molecule has 4 heteroatoms. The second-order valence-electron chi connectivity index (χ2n) is 5.78. The van der Waals surface area contributed by atoms with Gasteiger partial charge in [0.05, 0.1) is 6.10 Å². The maximum absolute atomic E-state index is 6.06. The molecule has 4 nitrogen and oxygen atoms in total. The first-order chi connectivity index (χ1) is 10.3. The van der Waals surface area contributed by atoms with Crippen molar-refractivity contribution in [1.29, 1.82) is 0 Å². The highest BCUT2D eigenvalue weighted by molar-refractivity contribution is 5.85. The van der Waals surface area contributed by atoms with Crippen LogP contribution in [0.5, 0.6) is 0 Å². The molecular formula is C17H23N3O. The number of aromatic nitrogens is 1. The van der Waals surface area contributed by atoms with E-state index in [1.54, 1.807) is 0 Å². The molecular weight excluding hydrogens is 262 g/mol. The highest BCUT2D eigenvalue weighted by Gasteiger charge is 2.23. The molecule has 112 valence electrons. The first-order valence-corrected chi connectivity index (χ1v) is 7.64. The SMILES string of the molecule is CN(CC1CCCO1)C(CN)c1cncc2ccccc12. The van der Waals surface area contributed by atoms with Crippen LogP contribution in [-0.4, -0.2) is 42.7 Å². The van der Waals surface area contributed by atoms with Gasteiger partial charge in [-0.3, -0.25) is 9.88 Å². The highest BCUT2D eigenvalue weighted by Crippen LogP contribution is 2.27. The van der Waals surface area contributed by atoms with Crippen LogP contribution in [0.25, 0.3) is 10.8 Å². The molecule has 2 atom stereocenters. The molecule has 0 amide bonds. The molecule has 0 aliphatic carbocycles. The van der Waals surface area contributed by atoms with Crippen molar-refractivity contribution < 1.29 is 4.74 Å². The van der Waals surface area contributed by atoms with E-state index in [9.17, 15) is 0 Å². The second kappa shape index (κ2) is 6.52. The summed E-state index contributed by atoms with van der Waals surface area (Å²) in [4.78, 5) is 6.69. The molecule has 1 aliphatic rings. The number of nitrogens with zero attached hydrogens (tertiary/aromatic N) is 2. The number of ether oxygens (including phenoxy) is 1. The van der Waals surface area contributed by atoms with E-state index in [2.05, 4.69) is 35.1 Å². The summed E-state index contributed by atoms with van der Waals surface area (Å²) in [5, 5.41) is 2.40. The number of rotatable bonds is 5. The van der Waals surface area contributed by atoms with E-state index in [1.165, 1.54) is 22.8 Å². The summed E-state index contributed by atoms with van der Waals surface area (Å²) in [6.07, 6.45) is 6.52. The van der Waals surface area contributed by atoms with Gasteiger partial charge in [0.25, 0.3) is 0 Å². The zero-order valence-electron chi connectivity index (χ0n) is 12.5. The summed E-state index contributed by atoms with van der Waals surface area (Å²) in [6, 6.07) is 8.53. The Morgan fingerprint density at radius 2 is 2.24 bits per heavy atom. The van der Waals surface area contributed by atoms with Crippen LogP contribution < -0.4 is 5.73 Å². The van der Waals surface area contributed by atoms with Gasteiger partial charge in [-0.25, -0.2) is 0 Å². The highest BCUT2D eigenvalue weighted by atomic mass is 16.5. The lowest BCUT2D eigenvalue weighted by molar-refractivity contribution is 0.0691. The average Bonchev–Trinajstić information content (AvgIpc) is 3.01. The Balaban J connectivity index is 1.86. The van der Waals surface area contributed by atoms with Gasteiger partial charge in [-0.05, 0) is 30.8 Å². The average molecular weight is 285 g/mol. The molecule has 3 rings (SSSR count). The van der Waals surface area contributed by atoms with Gasteiger partial charge in [0.15, 0.2) is 0 Å². The van der Waals surface area contributed by atoms with Crippen molar-refractivity contribution >= 4 is 10.8 Å². The first kappa shape index (κ1) is 14.4. The normalized spacial score (nSPS) is 20.2. The molecule has 2 unspecified atom stereocenters. The van der Waals surface area contributed by atoms with E-state index < -0.39 is 0 Å². The van der Waals surface area contributed by atoms with Gasteiger partial charge < -0.3 is 10.5 Å². The van der Waals surface area contributed by atoms with Crippen molar-refractivity contribution in [2.24, 2.45) is 5.73 Å². The van der Waals surface area contributed by atoms with E-state index in [0.29, 0.717) is 12.6 Å². The largest absolute Gasteiger partial charge is 0.377 e. The van der Waals surface area contributed by atoms with Crippen molar-refractivity contribution in [1.82, 2.24) is 9.88 Å². The number of fused-ring (bicyclic) bond motifs is 1. The van der Waals surface area contributed by atoms with Gasteiger partial charge >= 0.3 is 0 Å². The summed E-state index contributed by atoms with van der Waals surface area (Å²) in [7, 11) is 2.13. The fourth-order valence-electron chi connectivity index (χ4n) is 3.19. The smallest absolute Gasteiger partial charge is 0.0702 e. The third kappa shape index (κ3) is 3.07. The van der Waals surface area contributed by atoms with Crippen LogP contribution in [0, 0.1) is 0 Å². The Morgan fingerprint density at radius 1 is 1.38 bits per heavy atom. The molecule has 0 spiro atoms. The Kier molecular flexibility index (Phi) is 4.48. The molecule has 1 fully saturated rings. The molecule has 1 saturated heterocycles. The Morgan fingerprint density at radius 3 is 3.00 bits per heavy atom. The molecule has 2 N–H and O–H groups in total. The maximum Gasteiger partial charge on any atom is 0.0702 e. The number of likely N-dealkylation sites (N-methyl/N-ethyl adjacent to an activating group) is 1. The summed E-state index contributed by atoms with van der Waals surface area (Å²) in [5.41, 5.74) is 7.27. The van der Waals surface area contributed by atoms with E-state index in [-0.39, 0.29) is 6.04 Å². The van der Waals surface area contributed by atoms with E-state index >= 15 is 0 Å². The van der Waals surface area contributed by atoms with Crippen molar-refractivity contribution in [3.63, 3.8) is 0 Å². The van der Waals surface area contributed by atoms with Crippen molar-refractivity contribution in [2.45, 2.75) is 25.0 Å². The minimum atomic E-state index is 0.174. The first-order valence-electron chi connectivity index (χ1n) is 7.64. The van der Waals surface area contributed by atoms with Gasteiger partial charge in [0.2, 0.25) is 0 Å². The van der Waals surface area contributed by atoms with E-state index in [0.717, 1.165) is 19.6 Å². The molecule has 1 aromatic carbocycles. The van der Waals surface area contributed by atoms with Gasteiger partial charge in [-0.15, -0.1) is 0 Å². The van der Waals surface area contributed by atoms with Crippen molar-refractivity contribution in [3.8, 4) is 0 Å². The Hall–Kier alpha value is -1.49. The Bertz CT molecular complexity index is 590. The fourth-order valence-corrected chi connectivity index (χ4v) is 3.19. The predicted octanol–water partition coefficient (Wildman–Crippen LogP) is 2.35. The summed E-state index contributed by atoms with van der Waals surface area (Å²) in [5.74, 6) is 0. The number of hydrogen-bond acceptors (Lipinski definition) is 4.